The van der Waals surface area contributed by atoms with Crippen molar-refractivity contribution in [3.8, 4) is 0 Å². The summed E-state index contributed by atoms with van der Waals surface area (Å²) in [4.78, 5) is 17.0. The molecule has 0 aromatic carbocycles. The lowest BCUT2D eigenvalue weighted by molar-refractivity contribution is 0.816. The summed E-state index contributed by atoms with van der Waals surface area (Å²) in [5.41, 5.74) is 4.68. The third-order valence-corrected chi connectivity index (χ3v) is 0.913. The highest BCUT2D eigenvalue weighted by Crippen LogP contribution is 1.83. The fourth-order valence-electron chi connectivity index (χ4n) is 0.401. The topological polar surface area (TPSA) is 73.8 Å². The number of anilines is 1. The lowest BCUT2D eigenvalue weighted by Crippen LogP contribution is -2.17. The monoisotopic (exact) mass is 126 g/mol. The maximum Gasteiger partial charge on any atom is 0.371 e. The minimum atomic E-state index is -0.550. The largest absolute Gasteiger partial charge is 0.371 e. The molecule has 1 heterocycles. The number of nitrogens with zero attached hydrogens (tertiary/aromatic N) is 3. The van der Waals surface area contributed by atoms with Gasteiger partial charge in [-0.15, -0.1) is 0 Å². The van der Waals surface area contributed by atoms with Crippen LogP contribution in [0.3, 0.4) is 0 Å². The number of hydrogen-bond acceptors (Lipinski definition) is 4. The van der Waals surface area contributed by atoms with E-state index < -0.39 is 5.69 Å². The molecule has 1 aromatic heterocycles. The van der Waals surface area contributed by atoms with Crippen molar-refractivity contribution in [1.82, 2.24) is 14.5 Å². The molecule has 0 amide bonds. The summed E-state index contributed by atoms with van der Waals surface area (Å²) < 4.78 is 1.46. The van der Waals surface area contributed by atoms with E-state index in [2.05, 4.69) is 9.97 Å². The van der Waals surface area contributed by atoms with E-state index in [4.69, 9.17) is 5.73 Å². The Labute approximate surface area is 51.2 Å². The third kappa shape index (κ3) is 1.04. The van der Waals surface area contributed by atoms with Crippen molar-refractivity contribution in [3.63, 3.8) is 0 Å². The average molecular weight is 126 g/mol. The molecule has 0 aliphatic carbocycles. The van der Waals surface area contributed by atoms with Gasteiger partial charge in [0.2, 0.25) is 5.95 Å². The number of aryl methyl sites for hydroxylation is 1. The van der Waals surface area contributed by atoms with Gasteiger partial charge >= 0.3 is 5.69 Å². The number of nitrogens with two attached hydrogens (primary N) is 1. The summed E-state index contributed by atoms with van der Waals surface area (Å²) in [5, 5.41) is 0. The van der Waals surface area contributed by atoms with Crippen LogP contribution in [-0.4, -0.2) is 14.5 Å². The highest BCUT2D eigenvalue weighted by molar-refractivity contribution is 5.12. The van der Waals surface area contributed by atoms with Gasteiger partial charge in [-0.1, -0.05) is 0 Å². The Morgan fingerprint density at radius 2 is 2.44 bits per heavy atom. The molecule has 0 aliphatic rings. The number of nitrogen functional groups attached to an aromatic ring is 1. The van der Waals surface area contributed by atoms with E-state index in [0.29, 0.717) is 0 Å². The molecule has 0 unspecified atom stereocenters. The van der Waals surface area contributed by atoms with E-state index in [1.165, 1.54) is 10.9 Å². The van der Waals surface area contributed by atoms with Crippen molar-refractivity contribution in [3.05, 3.63) is 16.8 Å². The van der Waals surface area contributed by atoms with Crippen LogP contribution in [0.2, 0.25) is 0 Å². The number of aromatic nitrogens is 3. The first-order valence-corrected chi connectivity index (χ1v) is 2.35. The Kier molecular flexibility index (Phi) is 1.18. The van der Waals surface area contributed by atoms with Gasteiger partial charge in [-0.3, -0.25) is 0 Å². The molecule has 0 aliphatic heterocycles. The van der Waals surface area contributed by atoms with Crippen molar-refractivity contribution < 1.29 is 0 Å². The summed E-state index contributed by atoms with van der Waals surface area (Å²) in [5.74, 6) is 0.176. The maximum atomic E-state index is 10.3. The molecular weight excluding hydrogens is 120 g/mol. The zero-order valence-corrected chi connectivity index (χ0v) is 4.90. The van der Waals surface area contributed by atoms with Gasteiger partial charge in [0.15, 0.2) is 0 Å². The minimum absolute atomic E-state index is 0.176. The maximum absolute atomic E-state index is 10.3. The van der Waals surface area contributed by atoms with Gasteiger partial charge in [-0.25, -0.2) is 4.79 Å². The van der Waals surface area contributed by atoms with Crippen molar-refractivity contribution in [1.29, 1.82) is 0 Å². The molecule has 48 valence electrons. The van der Waals surface area contributed by atoms with E-state index in [9.17, 15) is 4.79 Å². The third-order valence-electron chi connectivity index (χ3n) is 0.913. The quantitative estimate of drug-likeness (QED) is 0.471. The van der Waals surface area contributed by atoms with Crippen LogP contribution >= 0.6 is 0 Å². The Bertz CT molecular complexity index is 266. The highest BCUT2D eigenvalue weighted by atomic mass is 16.1. The molecule has 9 heavy (non-hydrogen) atoms. The van der Waals surface area contributed by atoms with Gasteiger partial charge in [-0.05, 0) is 0 Å². The average Bonchev–Trinajstić information content (AvgIpc) is 1.80. The fourth-order valence-corrected chi connectivity index (χ4v) is 0.401. The van der Waals surface area contributed by atoms with Gasteiger partial charge in [0, 0.05) is 7.05 Å². The molecule has 2 N–H and O–H groups in total. The smallest absolute Gasteiger partial charge is 0.369 e. The second-order valence-electron chi connectivity index (χ2n) is 1.61. The Morgan fingerprint density at radius 3 is 2.89 bits per heavy atom. The fraction of sp³-hybridized carbons (Fsp3) is 0.250. The van der Waals surface area contributed by atoms with E-state index in [1.54, 1.807) is 7.05 Å². The Balaban J connectivity index is 3.34. The van der Waals surface area contributed by atoms with Crippen LogP contribution < -0.4 is 11.4 Å². The van der Waals surface area contributed by atoms with Crippen molar-refractivity contribution in [2.45, 2.75) is 0 Å². The summed E-state index contributed by atoms with van der Waals surface area (Å²) >= 11 is 0. The summed E-state index contributed by atoms with van der Waals surface area (Å²) in [6.45, 7) is 0. The molecule has 1 aromatic rings. The second kappa shape index (κ2) is 1.85. The molecule has 5 heteroatoms. The first-order valence-electron chi connectivity index (χ1n) is 2.35. The SMILES string of the molecule is Cn1cnc(=O)nc1N. The van der Waals surface area contributed by atoms with E-state index in [0.717, 1.165) is 0 Å². The van der Waals surface area contributed by atoms with Gasteiger partial charge in [0.25, 0.3) is 0 Å². The van der Waals surface area contributed by atoms with Gasteiger partial charge in [0.1, 0.15) is 6.33 Å². The molecule has 1 rings (SSSR count). The summed E-state index contributed by atoms with van der Waals surface area (Å²) in [6.07, 6.45) is 1.32. The van der Waals surface area contributed by atoms with E-state index >= 15 is 0 Å². The molecule has 0 spiro atoms. The number of rotatable bonds is 0. The zero-order chi connectivity index (χ0) is 6.85. The van der Waals surface area contributed by atoms with Crippen LogP contribution in [0, 0.1) is 0 Å². The van der Waals surface area contributed by atoms with E-state index in [1.807, 2.05) is 0 Å². The van der Waals surface area contributed by atoms with Crippen LogP contribution in [0.5, 0.6) is 0 Å². The molecule has 0 radical (unpaired) electrons. The second-order valence-corrected chi connectivity index (χ2v) is 1.61. The first-order chi connectivity index (χ1) is 4.20. The van der Waals surface area contributed by atoms with Crippen molar-refractivity contribution >= 4 is 5.95 Å². The van der Waals surface area contributed by atoms with Crippen molar-refractivity contribution in [2.75, 3.05) is 5.73 Å². The molecule has 0 saturated heterocycles. The molecule has 0 fully saturated rings. The predicted octanol–water partition coefficient (Wildman–Crippen LogP) is -1.24. The lowest BCUT2D eigenvalue weighted by atomic mass is 10.9. The van der Waals surface area contributed by atoms with Gasteiger partial charge in [0.05, 0.1) is 0 Å². The first kappa shape index (κ1) is 5.74. The van der Waals surface area contributed by atoms with Crippen LogP contribution in [-0.2, 0) is 7.05 Å². The van der Waals surface area contributed by atoms with Gasteiger partial charge < -0.3 is 10.3 Å². The summed E-state index contributed by atoms with van der Waals surface area (Å²) in [6, 6.07) is 0. The van der Waals surface area contributed by atoms with Gasteiger partial charge in [-0.2, -0.15) is 9.97 Å². The van der Waals surface area contributed by atoms with E-state index in [-0.39, 0.29) is 5.95 Å². The molecule has 5 nitrogen and oxygen atoms in total. The summed E-state index contributed by atoms with van der Waals surface area (Å²) in [7, 11) is 1.66. The molecular formula is C4H6N4O. The zero-order valence-electron chi connectivity index (χ0n) is 4.90. The molecule has 0 bridgehead atoms. The highest BCUT2D eigenvalue weighted by Gasteiger charge is 1.90. The van der Waals surface area contributed by atoms with Crippen LogP contribution in [0.4, 0.5) is 5.95 Å². The predicted molar refractivity (Wildman–Crippen MR) is 31.7 cm³/mol. The number of hydrogen-bond donors (Lipinski definition) is 1. The Morgan fingerprint density at radius 1 is 1.78 bits per heavy atom. The minimum Gasteiger partial charge on any atom is -0.369 e. The van der Waals surface area contributed by atoms with Crippen LogP contribution in [0.1, 0.15) is 0 Å². The lowest BCUT2D eigenvalue weighted by Gasteiger charge is -1.96. The Hall–Kier alpha value is -1.39. The molecule has 0 atom stereocenters. The standard InChI is InChI=1S/C4H6N4O/c1-8-2-6-4(9)7-3(8)5/h2H,1H3,(H2,5,7,9). The van der Waals surface area contributed by atoms with Crippen LogP contribution in [0.15, 0.2) is 11.1 Å². The molecule has 0 saturated carbocycles. The van der Waals surface area contributed by atoms with Crippen molar-refractivity contribution in [2.24, 2.45) is 7.05 Å². The van der Waals surface area contributed by atoms with Crippen LogP contribution in [0.25, 0.3) is 0 Å². The normalized spacial score (nSPS) is 9.44.